The Labute approximate surface area is 283 Å². The van der Waals surface area contributed by atoms with E-state index in [0.717, 1.165) is 54.5 Å². The van der Waals surface area contributed by atoms with Gasteiger partial charge in [0.2, 0.25) is 23.6 Å². The van der Waals surface area contributed by atoms with E-state index in [1.54, 1.807) is 4.90 Å². The van der Waals surface area contributed by atoms with Gasteiger partial charge in [0.1, 0.15) is 17.8 Å². The van der Waals surface area contributed by atoms with E-state index < -0.39 is 18.0 Å². The van der Waals surface area contributed by atoms with Crippen LogP contribution in [0.3, 0.4) is 0 Å². The number of aryl methyl sites for hydroxylation is 2. The molecule has 3 aliphatic rings. The lowest BCUT2D eigenvalue weighted by atomic mass is 9.94. The molecule has 1 unspecified atom stereocenters. The Kier molecular flexibility index (Phi) is 13.2. The largest absolute Gasteiger partial charge is 0.494 e. The number of fused-ring (bicyclic) bond motifs is 4. The van der Waals surface area contributed by atoms with Crippen LogP contribution < -0.4 is 20.7 Å². The van der Waals surface area contributed by atoms with Gasteiger partial charge < -0.3 is 35.1 Å². The van der Waals surface area contributed by atoms with Gasteiger partial charge in [-0.3, -0.25) is 19.2 Å². The molecule has 0 aliphatic carbocycles. The zero-order chi connectivity index (χ0) is 33.7. The Morgan fingerprint density at radius 3 is 2.62 bits per heavy atom. The highest BCUT2D eigenvalue weighted by Gasteiger charge is 2.32. The number of carbonyl (C=O) groups is 4. The molecule has 0 radical (unpaired) electrons. The first-order valence-electron chi connectivity index (χ1n) is 17.4. The summed E-state index contributed by atoms with van der Waals surface area (Å²) < 4.78 is 17.4. The maximum atomic E-state index is 13.9. The Bertz CT molecular complexity index is 1380. The number of amides is 4. The number of rotatable bonds is 8. The highest BCUT2D eigenvalue weighted by molar-refractivity contribution is 5.95. The highest BCUT2D eigenvalue weighted by atomic mass is 16.5. The summed E-state index contributed by atoms with van der Waals surface area (Å²) in [5.74, 6) is -0.471. The van der Waals surface area contributed by atoms with Crippen LogP contribution in [0.25, 0.3) is 0 Å². The van der Waals surface area contributed by atoms with Crippen LogP contribution in [-0.4, -0.2) is 86.2 Å². The number of nitrogens with zero attached hydrogens (tertiary/aromatic N) is 1. The normalized spacial score (nSPS) is 23.2. The molecule has 2 fully saturated rings. The standard InChI is InChI=1S/C37H50N4O7/c1-26-9-11-31-22-29(26)24-38-36(44)32(12-10-27-6-3-2-4-7-27)40-37(45)33(39-34(42)16-21-47-30-14-18-46-19-15-30)23-35(43)41-17-5-8-28(25-41)13-20-48-31/h2-4,6-7,9,11,22,28,30,32-33H,5,8,10,12-21,23-25H2,1H3,(H,38,44)(H,39,42)(H,40,45)/t28?,32-,33-/m0/s1. The van der Waals surface area contributed by atoms with E-state index in [9.17, 15) is 19.2 Å². The molecule has 4 amide bonds. The van der Waals surface area contributed by atoms with Crippen molar-refractivity contribution in [1.29, 1.82) is 0 Å². The van der Waals surface area contributed by atoms with E-state index in [1.165, 1.54) is 0 Å². The molecular formula is C37H50N4O7. The van der Waals surface area contributed by atoms with Crippen molar-refractivity contribution in [3.63, 3.8) is 0 Å². The Balaban J connectivity index is 1.33. The van der Waals surface area contributed by atoms with Crippen molar-refractivity contribution in [2.75, 3.05) is 39.5 Å². The van der Waals surface area contributed by atoms with Crippen LogP contribution in [0.15, 0.2) is 48.5 Å². The van der Waals surface area contributed by atoms with Gasteiger partial charge in [0.25, 0.3) is 0 Å². The molecule has 11 heteroatoms. The Morgan fingerprint density at radius 2 is 1.81 bits per heavy atom. The summed E-state index contributed by atoms with van der Waals surface area (Å²) in [6.07, 6.45) is 5.00. The number of hydrogen-bond donors (Lipinski definition) is 3. The SMILES string of the molecule is Cc1ccc2cc1CNC(=O)[C@H](CCc1ccccc1)NC(=O)[C@@H](NC(=O)CCOC1CCOCC1)CC(=O)N1CCCC(CCO2)C1. The van der Waals surface area contributed by atoms with Crippen molar-refractivity contribution >= 4 is 23.6 Å². The predicted octanol–water partition coefficient (Wildman–Crippen LogP) is 3.21. The monoisotopic (exact) mass is 662 g/mol. The molecule has 5 rings (SSSR count). The van der Waals surface area contributed by atoms with Crippen LogP contribution in [0.4, 0.5) is 0 Å². The van der Waals surface area contributed by atoms with Crippen LogP contribution in [0.1, 0.15) is 68.1 Å². The van der Waals surface area contributed by atoms with Crippen LogP contribution >= 0.6 is 0 Å². The first kappa shape index (κ1) is 35.3. The van der Waals surface area contributed by atoms with Gasteiger partial charge in [0.15, 0.2) is 0 Å². The zero-order valence-corrected chi connectivity index (χ0v) is 28.0. The van der Waals surface area contributed by atoms with Crippen molar-refractivity contribution in [2.45, 2.75) is 89.4 Å². The van der Waals surface area contributed by atoms with Crippen molar-refractivity contribution < 1.29 is 33.4 Å². The van der Waals surface area contributed by atoms with Crippen LogP contribution in [0, 0.1) is 12.8 Å². The topological polar surface area (TPSA) is 135 Å². The number of benzene rings is 2. The van der Waals surface area contributed by atoms with Crippen LogP contribution in [-0.2, 0) is 41.6 Å². The number of nitrogens with one attached hydrogen (secondary N) is 3. The third kappa shape index (κ3) is 10.8. The number of ether oxygens (including phenoxy) is 3. The quantitative estimate of drug-likeness (QED) is 0.395. The molecule has 3 aliphatic heterocycles. The molecule has 2 aromatic rings. The van der Waals surface area contributed by atoms with Crippen molar-refractivity contribution in [3.05, 3.63) is 65.2 Å². The average molecular weight is 663 g/mol. The minimum atomic E-state index is -1.14. The van der Waals surface area contributed by atoms with Gasteiger partial charge in [-0.25, -0.2) is 0 Å². The Morgan fingerprint density at radius 1 is 1.00 bits per heavy atom. The molecule has 11 nitrogen and oxygen atoms in total. The van der Waals surface area contributed by atoms with Gasteiger partial charge in [-0.2, -0.15) is 0 Å². The van der Waals surface area contributed by atoms with Crippen LogP contribution in [0.5, 0.6) is 5.75 Å². The summed E-state index contributed by atoms with van der Waals surface area (Å²) in [5, 5.41) is 8.69. The van der Waals surface area contributed by atoms with Crippen molar-refractivity contribution in [3.8, 4) is 5.75 Å². The van der Waals surface area contributed by atoms with E-state index in [0.29, 0.717) is 45.8 Å². The summed E-state index contributed by atoms with van der Waals surface area (Å²) in [6.45, 7) is 5.42. The van der Waals surface area contributed by atoms with Crippen molar-refractivity contribution in [2.24, 2.45) is 5.92 Å². The summed E-state index contributed by atoms with van der Waals surface area (Å²) in [7, 11) is 0. The van der Waals surface area contributed by atoms with E-state index in [4.69, 9.17) is 14.2 Å². The van der Waals surface area contributed by atoms with Gasteiger partial charge in [-0.15, -0.1) is 0 Å². The van der Waals surface area contributed by atoms with Crippen LogP contribution in [0.2, 0.25) is 0 Å². The second-order valence-electron chi connectivity index (χ2n) is 13.1. The molecular weight excluding hydrogens is 612 g/mol. The molecule has 3 N–H and O–H groups in total. The molecule has 3 heterocycles. The minimum Gasteiger partial charge on any atom is -0.494 e. The molecule has 2 aromatic carbocycles. The van der Waals surface area contributed by atoms with E-state index in [2.05, 4.69) is 16.0 Å². The van der Waals surface area contributed by atoms with Gasteiger partial charge in [0, 0.05) is 39.3 Å². The van der Waals surface area contributed by atoms with Crippen molar-refractivity contribution in [1.82, 2.24) is 20.9 Å². The predicted molar refractivity (Wildman–Crippen MR) is 180 cm³/mol. The lowest BCUT2D eigenvalue weighted by molar-refractivity contribution is -0.138. The number of piperidine rings is 1. The van der Waals surface area contributed by atoms with Gasteiger partial charge in [0.05, 0.1) is 25.7 Å². The molecule has 3 atom stereocenters. The Hall–Kier alpha value is -3.96. The average Bonchev–Trinajstić information content (AvgIpc) is 3.10. The lowest BCUT2D eigenvalue weighted by Crippen LogP contribution is -2.55. The van der Waals surface area contributed by atoms with Gasteiger partial charge in [-0.1, -0.05) is 36.4 Å². The third-order valence-electron chi connectivity index (χ3n) is 9.52. The summed E-state index contributed by atoms with van der Waals surface area (Å²) in [6, 6.07) is 13.6. The number of hydrogen-bond acceptors (Lipinski definition) is 7. The molecule has 48 heavy (non-hydrogen) atoms. The molecule has 0 aromatic heterocycles. The molecule has 2 saturated heterocycles. The van der Waals surface area contributed by atoms with E-state index in [1.807, 2.05) is 55.5 Å². The minimum absolute atomic E-state index is 0.0418. The molecule has 4 bridgehead atoms. The second kappa shape index (κ2) is 18.0. The fourth-order valence-electron chi connectivity index (χ4n) is 6.54. The fraction of sp³-hybridized carbons (Fsp3) is 0.568. The summed E-state index contributed by atoms with van der Waals surface area (Å²) in [4.78, 5) is 56.1. The highest BCUT2D eigenvalue weighted by Crippen LogP contribution is 2.23. The molecule has 0 saturated carbocycles. The first-order chi connectivity index (χ1) is 23.3. The van der Waals surface area contributed by atoms with Gasteiger partial charge in [-0.05, 0) is 86.6 Å². The fourth-order valence-corrected chi connectivity index (χ4v) is 6.54. The zero-order valence-electron chi connectivity index (χ0n) is 28.0. The number of carbonyl (C=O) groups excluding carboxylic acids is 4. The van der Waals surface area contributed by atoms with E-state index >= 15 is 0 Å². The third-order valence-corrected chi connectivity index (χ3v) is 9.52. The molecule has 260 valence electrons. The summed E-state index contributed by atoms with van der Waals surface area (Å²) in [5.41, 5.74) is 2.98. The first-order valence-corrected chi connectivity index (χ1v) is 17.4. The second-order valence-corrected chi connectivity index (χ2v) is 13.1. The smallest absolute Gasteiger partial charge is 0.243 e. The maximum absolute atomic E-state index is 13.9. The van der Waals surface area contributed by atoms with E-state index in [-0.39, 0.29) is 55.7 Å². The maximum Gasteiger partial charge on any atom is 0.243 e. The summed E-state index contributed by atoms with van der Waals surface area (Å²) >= 11 is 0. The van der Waals surface area contributed by atoms with Gasteiger partial charge >= 0.3 is 0 Å². The lowest BCUT2D eigenvalue weighted by Gasteiger charge is -2.34. The molecule has 0 spiro atoms.